The molecule has 0 saturated carbocycles. The van der Waals surface area contributed by atoms with Crippen molar-refractivity contribution in [1.82, 2.24) is 19.8 Å². The fourth-order valence-electron chi connectivity index (χ4n) is 4.72. The predicted octanol–water partition coefficient (Wildman–Crippen LogP) is 2.27. The molecule has 0 aliphatic carbocycles. The molecule has 1 saturated heterocycles. The molecule has 6 rings (SSSR count). The number of hydrogen-bond donors (Lipinski definition) is 0. The van der Waals surface area contributed by atoms with Crippen molar-refractivity contribution in [2.45, 2.75) is 13.5 Å². The number of benzene rings is 2. The molecule has 1 fully saturated rings. The molecule has 1 aromatic heterocycles. The standard InChI is InChI=1S/C26H23N5O5/c1-16-10-23(28-14-27-16)29-6-8-30(9-7-29)24(32)18-3-4-19-20(12-18)26(34)31(25(19)33)13-17-2-5-21-22(11-17)36-15-35-21/h2-5,10-12,14H,6-9,13,15H2,1H3. The molecule has 36 heavy (non-hydrogen) atoms. The molecule has 3 aliphatic rings. The van der Waals surface area contributed by atoms with Gasteiger partial charge in [-0.3, -0.25) is 19.3 Å². The molecule has 0 unspecified atom stereocenters. The van der Waals surface area contributed by atoms with Gasteiger partial charge in [-0.1, -0.05) is 6.07 Å². The molecule has 2 aromatic carbocycles. The van der Waals surface area contributed by atoms with Gasteiger partial charge >= 0.3 is 0 Å². The van der Waals surface area contributed by atoms with E-state index in [-0.39, 0.29) is 30.7 Å². The van der Waals surface area contributed by atoms with Crippen LogP contribution in [0.5, 0.6) is 11.5 Å². The van der Waals surface area contributed by atoms with E-state index in [1.807, 2.05) is 13.0 Å². The van der Waals surface area contributed by atoms with Gasteiger partial charge in [0.05, 0.1) is 17.7 Å². The summed E-state index contributed by atoms with van der Waals surface area (Å²) in [5.41, 5.74) is 2.60. The number of fused-ring (bicyclic) bond motifs is 2. The molecular formula is C26H23N5O5. The third kappa shape index (κ3) is 3.80. The van der Waals surface area contributed by atoms with Crippen LogP contribution in [0.1, 0.15) is 42.3 Å². The maximum atomic E-state index is 13.2. The van der Waals surface area contributed by atoms with Crippen molar-refractivity contribution in [2.75, 3.05) is 37.9 Å². The molecule has 10 heteroatoms. The van der Waals surface area contributed by atoms with Gasteiger partial charge in [0.15, 0.2) is 11.5 Å². The number of ether oxygens (including phenoxy) is 2. The number of carbonyl (C=O) groups excluding carboxylic acids is 3. The van der Waals surface area contributed by atoms with Gasteiger partial charge in [0.1, 0.15) is 12.1 Å². The Morgan fingerprint density at radius 3 is 2.47 bits per heavy atom. The number of hydrogen-bond acceptors (Lipinski definition) is 8. The quantitative estimate of drug-likeness (QED) is 0.519. The normalized spacial score (nSPS) is 16.5. The summed E-state index contributed by atoms with van der Waals surface area (Å²) in [7, 11) is 0. The highest BCUT2D eigenvalue weighted by Gasteiger charge is 2.36. The molecule has 0 N–H and O–H groups in total. The minimum Gasteiger partial charge on any atom is -0.454 e. The van der Waals surface area contributed by atoms with E-state index < -0.39 is 5.91 Å². The second-order valence-corrected chi connectivity index (χ2v) is 8.94. The SMILES string of the molecule is Cc1cc(N2CCN(C(=O)c3ccc4c(c3)C(=O)N(Cc3ccc5c(c3)OCO5)C4=O)CC2)ncn1. The molecule has 3 amide bonds. The smallest absolute Gasteiger partial charge is 0.261 e. The molecule has 0 spiro atoms. The number of aryl methyl sites for hydroxylation is 1. The van der Waals surface area contributed by atoms with E-state index in [1.165, 1.54) is 11.0 Å². The van der Waals surface area contributed by atoms with Crippen LogP contribution in [-0.2, 0) is 6.54 Å². The highest BCUT2D eigenvalue weighted by Crippen LogP contribution is 2.34. The van der Waals surface area contributed by atoms with Gasteiger partial charge in [-0.05, 0) is 42.8 Å². The number of piperazine rings is 1. The minimum atomic E-state index is -0.411. The van der Waals surface area contributed by atoms with E-state index in [0.717, 1.165) is 17.1 Å². The van der Waals surface area contributed by atoms with Crippen LogP contribution < -0.4 is 14.4 Å². The maximum Gasteiger partial charge on any atom is 0.261 e. The van der Waals surface area contributed by atoms with Gasteiger partial charge in [-0.15, -0.1) is 0 Å². The van der Waals surface area contributed by atoms with Crippen LogP contribution in [0, 0.1) is 6.92 Å². The van der Waals surface area contributed by atoms with Crippen molar-refractivity contribution < 1.29 is 23.9 Å². The Kier molecular flexibility index (Phi) is 5.28. The number of nitrogens with zero attached hydrogens (tertiary/aromatic N) is 5. The number of anilines is 1. The summed E-state index contributed by atoms with van der Waals surface area (Å²) in [4.78, 5) is 52.8. The van der Waals surface area contributed by atoms with E-state index in [1.54, 1.807) is 41.6 Å². The molecule has 0 bridgehead atoms. The fraction of sp³-hybridized carbons (Fsp3) is 0.269. The van der Waals surface area contributed by atoms with Crippen molar-refractivity contribution in [3.8, 4) is 11.5 Å². The van der Waals surface area contributed by atoms with Crippen LogP contribution in [0.2, 0.25) is 0 Å². The lowest BCUT2D eigenvalue weighted by Crippen LogP contribution is -2.49. The number of carbonyl (C=O) groups is 3. The highest BCUT2D eigenvalue weighted by atomic mass is 16.7. The molecule has 3 aromatic rings. The van der Waals surface area contributed by atoms with Crippen molar-refractivity contribution >= 4 is 23.5 Å². The van der Waals surface area contributed by atoms with E-state index in [4.69, 9.17) is 9.47 Å². The van der Waals surface area contributed by atoms with Crippen LogP contribution in [0.3, 0.4) is 0 Å². The van der Waals surface area contributed by atoms with Crippen LogP contribution in [0.4, 0.5) is 5.82 Å². The average molecular weight is 486 g/mol. The lowest BCUT2D eigenvalue weighted by molar-refractivity contribution is 0.0641. The van der Waals surface area contributed by atoms with Gasteiger partial charge in [0.2, 0.25) is 6.79 Å². The first-order valence-corrected chi connectivity index (χ1v) is 11.7. The average Bonchev–Trinajstić information content (AvgIpc) is 3.46. The van der Waals surface area contributed by atoms with E-state index >= 15 is 0 Å². The van der Waals surface area contributed by atoms with E-state index in [0.29, 0.717) is 48.8 Å². The van der Waals surface area contributed by atoms with Crippen LogP contribution >= 0.6 is 0 Å². The third-order valence-corrected chi connectivity index (χ3v) is 6.68. The van der Waals surface area contributed by atoms with Crippen molar-refractivity contribution in [3.05, 3.63) is 76.7 Å². The summed E-state index contributed by atoms with van der Waals surface area (Å²) in [5, 5.41) is 0. The Labute approximate surface area is 207 Å². The third-order valence-electron chi connectivity index (χ3n) is 6.68. The van der Waals surface area contributed by atoms with Gasteiger partial charge < -0.3 is 19.3 Å². The van der Waals surface area contributed by atoms with E-state index in [9.17, 15) is 14.4 Å². The Balaban J connectivity index is 1.15. The first kappa shape index (κ1) is 22.0. The summed E-state index contributed by atoms with van der Waals surface area (Å²) >= 11 is 0. The number of imide groups is 1. The summed E-state index contributed by atoms with van der Waals surface area (Å²) in [5.74, 6) is 1.13. The summed E-state index contributed by atoms with van der Waals surface area (Å²) in [6.07, 6.45) is 1.54. The topological polar surface area (TPSA) is 105 Å². The van der Waals surface area contributed by atoms with Gasteiger partial charge in [-0.2, -0.15) is 0 Å². The molecule has 3 aliphatic heterocycles. The van der Waals surface area contributed by atoms with E-state index in [2.05, 4.69) is 14.9 Å². The maximum absolute atomic E-state index is 13.2. The van der Waals surface area contributed by atoms with Crippen LogP contribution in [-0.4, -0.2) is 70.5 Å². The molecule has 4 heterocycles. The first-order valence-electron chi connectivity index (χ1n) is 11.7. The predicted molar refractivity (Wildman–Crippen MR) is 128 cm³/mol. The molecule has 10 nitrogen and oxygen atoms in total. The minimum absolute atomic E-state index is 0.108. The van der Waals surface area contributed by atoms with Gasteiger partial charge in [0.25, 0.3) is 17.7 Å². The zero-order valence-corrected chi connectivity index (χ0v) is 19.6. The Morgan fingerprint density at radius 1 is 0.889 bits per heavy atom. The second-order valence-electron chi connectivity index (χ2n) is 8.94. The van der Waals surface area contributed by atoms with Crippen LogP contribution in [0.15, 0.2) is 48.8 Å². The second kappa shape index (κ2) is 8.63. The lowest BCUT2D eigenvalue weighted by Gasteiger charge is -2.35. The summed E-state index contributed by atoms with van der Waals surface area (Å²) < 4.78 is 10.7. The van der Waals surface area contributed by atoms with Crippen molar-refractivity contribution in [2.24, 2.45) is 0 Å². The largest absolute Gasteiger partial charge is 0.454 e. The van der Waals surface area contributed by atoms with Gasteiger partial charge in [-0.25, -0.2) is 9.97 Å². The molecule has 0 radical (unpaired) electrons. The monoisotopic (exact) mass is 485 g/mol. The number of amides is 3. The lowest BCUT2D eigenvalue weighted by atomic mass is 10.0. The Hall–Kier alpha value is -4.47. The fourth-order valence-corrected chi connectivity index (χ4v) is 4.72. The first-order chi connectivity index (χ1) is 17.5. The highest BCUT2D eigenvalue weighted by molar-refractivity contribution is 6.22. The number of aromatic nitrogens is 2. The van der Waals surface area contributed by atoms with Crippen molar-refractivity contribution in [3.63, 3.8) is 0 Å². The Bertz CT molecular complexity index is 1400. The van der Waals surface area contributed by atoms with Crippen molar-refractivity contribution in [1.29, 1.82) is 0 Å². The summed E-state index contributed by atoms with van der Waals surface area (Å²) in [6, 6.07) is 12.0. The number of rotatable bonds is 4. The molecule has 0 atom stereocenters. The summed E-state index contributed by atoms with van der Waals surface area (Å²) in [6.45, 7) is 4.53. The van der Waals surface area contributed by atoms with Crippen LogP contribution in [0.25, 0.3) is 0 Å². The van der Waals surface area contributed by atoms with Gasteiger partial charge in [0, 0.05) is 43.5 Å². The zero-order chi connectivity index (χ0) is 24.8. The molecule has 182 valence electrons. The Morgan fingerprint density at radius 2 is 1.67 bits per heavy atom. The molecular weight excluding hydrogens is 462 g/mol. The zero-order valence-electron chi connectivity index (χ0n) is 19.6.